The van der Waals surface area contributed by atoms with Gasteiger partial charge in [-0.2, -0.15) is 0 Å². The van der Waals surface area contributed by atoms with Crippen LogP contribution in [0.3, 0.4) is 0 Å². The molecule has 1 N–H and O–H groups in total. The van der Waals surface area contributed by atoms with Crippen LogP contribution in [0.25, 0.3) is 5.65 Å². The molecule has 1 aromatic carbocycles. The summed E-state index contributed by atoms with van der Waals surface area (Å²) in [6.07, 6.45) is 3.28. The van der Waals surface area contributed by atoms with Crippen LogP contribution in [0.5, 0.6) is 0 Å². The third-order valence-corrected chi connectivity index (χ3v) is 3.04. The van der Waals surface area contributed by atoms with Crippen molar-refractivity contribution in [1.29, 1.82) is 0 Å². The predicted octanol–water partition coefficient (Wildman–Crippen LogP) is 2.75. The zero-order valence-electron chi connectivity index (χ0n) is 10.2. The van der Waals surface area contributed by atoms with Crippen LogP contribution in [0.1, 0.15) is 17.4 Å². The molecule has 3 nitrogen and oxygen atoms in total. The number of pyridine rings is 1. The second-order valence-electron chi connectivity index (χ2n) is 4.48. The third kappa shape index (κ3) is 2.48. The number of nitrogens with zero attached hydrogens (tertiary/aromatic N) is 2. The van der Waals surface area contributed by atoms with Crippen molar-refractivity contribution in [2.45, 2.75) is 12.5 Å². The van der Waals surface area contributed by atoms with E-state index in [1.807, 2.05) is 28.8 Å². The molecule has 0 aliphatic carbocycles. The van der Waals surface area contributed by atoms with Crippen LogP contribution in [-0.4, -0.2) is 14.5 Å². The lowest BCUT2D eigenvalue weighted by Gasteiger charge is -2.07. The molecule has 0 radical (unpaired) electrons. The summed E-state index contributed by atoms with van der Waals surface area (Å²) in [4.78, 5) is 4.35. The van der Waals surface area contributed by atoms with Crippen LogP contribution in [0.2, 0.25) is 0 Å². The van der Waals surface area contributed by atoms with E-state index < -0.39 is 6.10 Å². The van der Waals surface area contributed by atoms with Gasteiger partial charge in [-0.15, -0.1) is 0 Å². The number of halogens is 1. The molecule has 3 rings (SSSR count). The molecule has 0 aliphatic heterocycles. The Kier molecular flexibility index (Phi) is 3.01. The molecule has 0 amide bonds. The van der Waals surface area contributed by atoms with E-state index in [0.717, 1.165) is 11.2 Å². The quantitative estimate of drug-likeness (QED) is 0.782. The van der Waals surface area contributed by atoms with Crippen LogP contribution in [0, 0.1) is 5.82 Å². The zero-order chi connectivity index (χ0) is 13.2. The highest BCUT2D eigenvalue weighted by molar-refractivity contribution is 5.40. The van der Waals surface area contributed by atoms with Crippen molar-refractivity contribution in [2.75, 3.05) is 0 Å². The highest BCUT2D eigenvalue weighted by Crippen LogP contribution is 2.18. The molecule has 1 unspecified atom stereocenters. The maximum absolute atomic E-state index is 13.1. The molecule has 3 aromatic rings. The second kappa shape index (κ2) is 4.82. The summed E-state index contributed by atoms with van der Waals surface area (Å²) in [6.45, 7) is 0. The maximum atomic E-state index is 13.1. The monoisotopic (exact) mass is 256 g/mol. The van der Waals surface area contributed by atoms with Crippen molar-refractivity contribution in [1.82, 2.24) is 9.38 Å². The van der Waals surface area contributed by atoms with Gasteiger partial charge in [-0.05, 0) is 29.8 Å². The van der Waals surface area contributed by atoms with Crippen molar-refractivity contribution in [3.05, 3.63) is 71.9 Å². The molecule has 0 bridgehead atoms. The van der Waals surface area contributed by atoms with E-state index in [9.17, 15) is 9.50 Å². The Morgan fingerprint density at radius 1 is 1.21 bits per heavy atom. The Morgan fingerprint density at radius 3 is 2.89 bits per heavy atom. The summed E-state index contributed by atoms with van der Waals surface area (Å²) in [5.74, 6) is -0.292. The van der Waals surface area contributed by atoms with Gasteiger partial charge in [-0.1, -0.05) is 18.2 Å². The van der Waals surface area contributed by atoms with E-state index in [1.54, 1.807) is 18.3 Å². The molecule has 0 spiro atoms. The minimum Gasteiger partial charge on any atom is -0.386 e. The molecular formula is C15H13FN2O. The van der Waals surface area contributed by atoms with Gasteiger partial charge < -0.3 is 9.51 Å². The van der Waals surface area contributed by atoms with E-state index in [2.05, 4.69) is 4.98 Å². The fourth-order valence-corrected chi connectivity index (χ4v) is 2.11. The first-order chi connectivity index (χ1) is 9.22. The third-order valence-electron chi connectivity index (χ3n) is 3.04. The normalized spacial score (nSPS) is 12.7. The lowest BCUT2D eigenvalue weighted by atomic mass is 10.1. The van der Waals surface area contributed by atoms with Gasteiger partial charge in [0.1, 0.15) is 17.6 Å². The van der Waals surface area contributed by atoms with Crippen molar-refractivity contribution in [3.63, 3.8) is 0 Å². The SMILES string of the molecule is OC(Cc1cccc(F)c1)c1cn2ccccc2n1. The first-order valence-corrected chi connectivity index (χ1v) is 6.08. The van der Waals surface area contributed by atoms with E-state index >= 15 is 0 Å². The van der Waals surface area contributed by atoms with Crippen LogP contribution in [-0.2, 0) is 6.42 Å². The average Bonchev–Trinajstić information content (AvgIpc) is 2.82. The van der Waals surface area contributed by atoms with Crippen molar-refractivity contribution < 1.29 is 9.50 Å². The van der Waals surface area contributed by atoms with Gasteiger partial charge in [0.15, 0.2) is 0 Å². The minimum atomic E-state index is -0.735. The van der Waals surface area contributed by atoms with Gasteiger partial charge in [0, 0.05) is 18.8 Å². The second-order valence-corrected chi connectivity index (χ2v) is 4.48. The first kappa shape index (κ1) is 11.9. The predicted molar refractivity (Wildman–Crippen MR) is 70.3 cm³/mol. The number of aliphatic hydroxyl groups is 1. The topological polar surface area (TPSA) is 37.5 Å². The summed E-state index contributed by atoms with van der Waals surface area (Å²) in [6, 6.07) is 11.9. The van der Waals surface area contributed by atoms with Crippen molar-refractivity contribution in [2.24, 2.45) is 0 Å². The molecule has 0 aliphatic rings. The number of aliphatic hydroxyl groups excluding tert-OH is 1. The summed E-state index contributed by atoms with van der Waals surface area (Å²) in [5.41, 5.74) is 2.14. The van der Waals surface area contributed by atoms with E-state index in [4.69, 9.17) is 0 Å². The van der Waals surface area contributed by atoms with Crippen molar-refractivity contribution in [3.8, 4) is 0 Å². The summed E-state index contributed by atoms with van der Waals surface area (Å²) >= 11 is 0. The molecule has 2 aromatic heterocycles. The molecule has 0 fully saturated rings. The van der Waals surface area contributed by atoms with Gasteiger partial charge in [-0.25, -0.2) is 9.37 Å². The first-order valence-electron chi connectivity index (χ1n) is 6.08. The molecule has 1 atom stereocenters. The fraction of sp³-hybridized carbons (Fsp3) is 0.133. The Labute approximate surface area is 110 Å². The summed E-state index contributed by atoms with van der Waals surface area (Å²) in [7, 11) is 0. The van der Waals surface area contributed by atoms with E-state index in [0.29, 0.717) is 12.1 Å². The van der Waals surface area contributed by atoms with Crippen LogP contribution >= 0.6 is 0 Å². The Hall–Kier alpha value is -2.20. The number of imidazole rings is 1. The number of rotatable bonds is 3. The van der Waals surface area contributed by atoms with Crippen LogP contribution < -0.4 is 0 Å². The zero-order valence-corrected chi connectivity index (χ0v) is 10.2. The Bertz CT molecular complexity index is 675. The van der Waals surface area contributed by atoms with Gasteiger partial charge in [-0.3, -0.25) is 0 Å². The van der Waals surface area contributed by atoms with E-state index in [-0.39, 0.29) is 5.82 Å². The highest BCUT2D eigenvalue weighted by Gasteiger charge is 2.12. The largest absolute Gasteiger partial charge is 0.386 e. The van der Waals surface area contributed by atoms with Crippen molar-refractivity contribution >= 4 is 5.65 Å². The van der Waals surface area contributed by atoms with Gasteiger partial charge >= 0.3 is 0 Å². The summed E-state index contributed by atoms with van der Waals surface area (Å²) in [5, 5.41) is 10.2. The Balaban J connectivity index is 1.85. The van der Waals surface area contributed by atoms with Crippen LogP contribution in [0.4, 0.5) is 4.39 Å². The molecule has 2 heterocycles. The van der Waals surface area contributed by atoms with Gasteiger partial charge in [0.25, 0.3) is 0 Å². The molecule has 4 heteroatoms. The number of benzene rings is 1. The average molecular weight is 256 g/mol. The van der Waals surface area contributed by atoms with E-state index in [1.165, 1.54) is 12.1 Å². The molecule has 0 saturated heterocycles. The highest BCUT2D eigenvalue weighted by atomic mass is 19.1. The number of aromatic nitrogens is 2. The van der Waals surface area contributed by atoms with Crippen LogP contribution in [0.15, 0.2) is 54.9 Å². The van der Waals surface area contributed by atoms with Gasteiger partial charge in [0.05, 0.1) is 5.69 Å². The minimum absolute atomic E-state index is 0.292. The number of fused-ring (bicyclic) bond motifs is 1. The smallest absolute Gasteiger partial charge is 0.137 e. The molecule has 96 valence electrons. The molecule has 0 saturated carbocycles. The lowest BCUT2D eigenvalue weighted by molar-refractivity contribution is 0.174. The van der Waals surface area contributed by atoms with Gasteiger partial charge in [0.2, 0.25) is 0 Å². The molecular weight excluding hydrogens is 243 g/mol. The maximum Gasteiger partial charge on any atom is 0.137 e. The lowest BCUT2D eigenvalue weighted by Crippen LogP contribution is -2.02. The number of hydrogen-bond acceptors (Lipinski definition) is 2. The molecule has 19 heavy (non-hydrogen) atoms. The Morgan fingerprint density at radius 2 is 2.11 bits per heavy atom. The standard InChI is InChI=1S/C15H13FN2O/c16-12-5-3-4-11(8-12)9-14(19)13-10-18-7-2-1-6-15(18)17-13/h1-8,10,14,19H,9H2. The number of hydrogen-bond donors (Lipinski definition) is 1. The fourth-order valence-electron chi connectivity index (χ4n) is 2.11. The summed E-state index contributed by atoms with van der Waals surface area (Å²) < 4.78 is 14.9.